The lowest BCUT2D eigenvalue weighted by atomic mass is 10.1. The van der Waals surface area contributed by atoms with Gasteiger partial charge >= 0.3 is 12.4 Å². The fourth-order valence-electron chi connectivity index (χ4n) is 3.22. The zero-order chi connectivity index (χ0) is 19.7. The normalized spacial score (nSPS) is 16.6. The summed E-state index contributed by atoms with van der Waals surface area (Å²) in [5.74, 6) is 0. The SMILES string of the molecule is FC(F)(F)c1cccc(N2CCN(Cc3ccccc3C(F)(F)F)CC2)c1. The van der Waals surface area contributed by atoms with E-state index < -0.39 is 23.5 Å². The molecule has 1 fully saturated rings. The second-order valence-electron chi connectivity index (χ2n) is 6.47. The Kier molecular flexibility index (Phi) is 5.37. The van der Waals surface area contributed by atoms with Crippen molar-refractivity contribution in [3.05, 3.63) is 65.2 Å². The molecule has 27 heavy (non-hydrogen) atoms. The second kappa shape index (κ2) is 7.42. The molecule has 0 saturated carbocycles. The van der Waals surface area contributed by atoms with Gasteiger partial charge in [0.1, 0.15) is 0 Å². The van der Waals surface area contributed by atoms with E-state index in [1.54, 1.807) is 12.1 Å². The minimum atomic E-state index is -4.41. The standard InChI is InChI=1S/C19H18F6N2/c20-18(21,22)15-5-3-6-16(12-15)27-10-8-26(9-11-27)13-14-4-1-2-7-17(14)19(23,24)25/h1-7,12H,8-11,13H2. The minimum absolute atomic E-state index is 0.159. The molecule has 3 rings (SSSR count). The van der Waals surface area contributed by atoms with Gasteiger partial charge in [0.15, 0.2) is 0 Å². The molecule has 8 heteroatoms. The summed E-state index contributed by atoms with van der Waals surface area (Å²) in [7, 11) is 0. The van der Waals surface area contributed by atoms with Crippen LogP contribution >= 0.6 is 0 Å². The van der Waals surface area contributed by atoms with Crippen LogP contribution in [0, 0.1) is 0 Å². The number of anilines is 1. The molecule has 0 spiro atoms. The third-order valence-corrected chi connectivity index (χ3v) is 4.63. The van der Waals surface area contributed by atoms with Crippen molar-refractivity contribution in [3.8, 4) is 0 Å². The van der Waals surface area contributed by atoms with E-state index >= 15 is 0 Å². The van der Waals surface area contributed by atoms with E-state index in [2.05, 4.69) is 0 Å². The molecule has 1 aliphatic heterocycles. The summed E-state index contributed by atoms with van der Waals surface area (Å²) in [4.78, 5) is 3.70. The largest absolute Gasteiger partial charge is 0.416 e. The van der Waals surface area contributed by atoms with E-state index in [9.17, 15) is 26.3 Å². The summed E-state index contributed by atoms with van der Waals surface area (Å²) in [6, 6.07) is 10.6. The van der Waals surface area contributed by atoms with Crippen molar-refractivity contribution in [3.63, 3.8) is 0 Å². The number of alkyl halides is 6. The van der Waals surface area contributed by atoms with Crippen molar-refractivity contribution in [1.29, 1.82) is 0 Å². The highest BCUT2D eigenvalue weighted by Crippen LogP contribution is 2.33. The van der Waals surface area contributed by atoms with Crippen LogP contribution in [0.3, 0.4) is 0 Å². The Balaban J connectivity index is 1.65. The van der Waals surface area contributed by atoms with Crippen molar-refractivity contribution < 1.29 is 26.3 Å². The maximum atomic E-state index is 13.1. The van der Waals surface area contributed by atoms with Crippen molar-refractivity contribution in [2.24, 2.45) is 0 Å². The number of hydrogen-bond acceptors (Lipinski definition) is 2. The highest BCUT2D eigenvalue weighted by Gasteiger charge is 2.34. The van der Waals surface area contributed by atoms with Gasteiger partial charge in [0.2, 0.25) is 0 Å². The van der Waals surface area contributed by atoms with Crippen molar-refractivity contribution in [2.45, 2.75) is 18.9 Å². The van der Waals surface area contributed by atoms with Crippen LogP contribution in [0.15, 0.2) is 48.5 Å². The average molecular weight is 388 g/mol. The first-order valence-corrected chi connectivity index (χ1v) is 8.44. The van der Waals surface area contributed by atoms with Gasteiger partial charge in [-0.25, -0.2) is 0 Å². The van der Waals surface area contributed by atoms with Crippen LogP contribution in [0.1, 0.15) is 16.7 Å². The Morgan fingerprint density at radius 1 is 0.741 bits per heavy atom. The van der Waals surface area contributed by atoms with Gasteiger partial charge in [0, 0.05) is 38.4 Å². The molecule has 1 heterocycles. The van der Waals surface area contributed by atoms with Gasteiger partial charge in [-0.05, 0) is 29.8 Å². The van der Waals surface area contributed by atoms with Crippen LogP contribution in [0.25, 0.3) is 0 Å². The van der Waals surface area contributed by atoms with Crippen molar-refractivity contribution in [1.82, 2.24) is 4.90 Å². The topological polar surface area (TPSA) is 6.48 Å². The van der Waals surface area contributed by atoms with Gasteiger partial charge in [-0.2, -0.15) is 26.3 Å². The first kappa shape index (κ1) is 19.5. The van der Waals surface area contributed by atoms with E-state index in [0.29, 0.717) is 31.9 Å². The van der Waals surface area contributed by atoms with Crippen LogP contribution in [0.2, 0.25) is 0 Å². The summed E-state index contributed by atoms with van der Waals surface area (Å²) in [6.07, 6.45) is -8.81. The second-order valence-corrected chi connectivity index (χ2v) is 6.47. The first-order chi connectivity index (χ1) is 12.6. The zero-order valence-electron chi connectivity index (χ0n) is 14.3. The van der Waals surface area contributed by atoms with Crippen LogP contribution < -0.4 is 4.90 Å². The molecule has 1 saturated heterocycles. The molecule has 0 atom stereocenters. The van der Waals surface area contributed by atoms with Crippen molar-refractivity contribution in [2.75, 3.05) is 31.1 Å². The van der Waals surface area contributed by atoms with E-state index in [4.69, 9.17) is 0 Å². The Labute approximate surface area is 153 Å². The van der Waals surface area contributed by atoms with E-state index in [1.807, 2.05) is 9.80 Å². The quantitative estimate of drug-likeness (QED) is 0.680. The minimum Gasteiger partial charge on any atom is -0.369 e. The molecule has 0 bridgehead atoms. The van der Waals surface area contributed by atoms with Crippen molar-refractivity contribution >= 4 is 5.69 Å². The maximum absolute atomic E-state index is 13.1. The van der Waals surface area contributed by atoms with Gasteiger partial charge in [-0.1, -0.05) is 24.3 Å². The smallest absolute Gasteiger partial charge is 0.369 e. The fourth-order valence-corrected chi connectivity index (χ4v) is 3.22. The molecule has 2 aromatic carbocycles. The molecule has 0 aromatic heterocycles. The Hall–Kier alpha value is -2.22. The number of hydrogen-bond donors (Lipinski definition) is 0. The molecule has 2 nitrogen and oxygen atoms in total. The van der Waals surface area contributed by atoms with Gasteiger partial charge in [0.05, 0.1) is 11.1 Å². The summed E-state index contributed by atoms with van der Waals surface area (Å²) >= 11 is 0. The molecule has 2 aromatic rings. The number of benzene rings is 2. The molecule has 0 N–H and O–H groups in total. The van der Waals surface area contributed by atoms with Crippen LogP contribution in [0.5, 0.6) is 0 Å². The Morgan fingerprint density at radius 3 is 2.04 bits per heavy atom. The molecule has 0 radical (unpaired) electrons. The molecular weight excluding hydrogens is 370 g/mol. The van der Waals surface area contributed by atoms with Crippen LogP contribution in [-0.4, -0.2) is 31.1 Å². The molecular formula is C19H18F6N2. The first-order valence-electron chi connectivity index (χ1n) is 8.44. The highest BCUT2D eigenvalue weighted by atomic mass is 19.4. The fraction of sp³-hybridized carbons (Fsp3) is 0.368. The highest BCUT2D eigenvalue weighted by molar-refractivity contribution is 5.49. The Bertz CT molecular complexity index is 776. The maximum Gasteiger partial charge on any atom is 0.416 e. The number of piperazine rings is 1. The van der Waals surface area contributed by atoms with Gasteiger partial charge in [0.25, 0.3) is 0 Å². The van der Waals surface area contributed by atoms with Gasteiger partial charge < -0.3 is 4.90 Å². The van der Waals surface area contributed by atoms with Gasteiger partial charge in [-0.3, -0.25) is 4.90 Å². The van der Waals surface area contributed by atoms with E-state index in [1.165, 1.54) is 18.2 Å². The van der Waals surface area contributed by atoms with Gasteiger partial charge in [-0.15, -0.1) is 0 Å². The number of halogens is 6. The third kappa shape index (κ3) is 4.74. The number of rotatable bonds is 3. The summed E-state index contributed by atoms with van der Waals surface area (Å²) in [5.41, 5.74) is -0.676. The summed E-state index contributed by atoms with van der Waals surface area (Å²) in [6.45, 7) is 2.02. The summed E-state index contributed by atoms with van der Waals surface area (Å²) in [5, 5.41) is 0. The van der Waals surface area contributed by atoms with Crippen LogP contribution in [0.4, 0.5) is 32.0 Å². The lowest BCUT2D eigenvalue weighted by Crippen LogP contribution is -2.46. The predicted octanol–water partition coefficient (Wildman–Crippen LogP) is 5.05. The van der Waals surface area contributed by atoms with E-state index in [0.717, 1.165) is 18.2 Å². The molecule has 0 unspecified atom stereocenters. The van der Waals surface area contributed by atoms with Crippen LogP contribution in [-0.2, 0) is 18.9 Å². The molecule has 1 aliphatic rings. The molecule has 0 aliphatic carbocycles. The summed E-state index contributed by atoms with van der Waals surface area (Å²) < 4.78 is 77.9. The molecule has 146 valence electrons. The van der Waals surface area contributed by atoms with E-state index in [-0.39, 0.29) is 12.1 Å². The Morgan fingerprint density at radius 2 is 1.41 bits per heavy atom. The average Bonchev–Trinajstić information content (AvgIpc) is 2.61. The monoisotopic (exact) mass is 388 g/mol. The predicted molar refractivity (Wildman–Crippen MR) is 90.4 cm³/mol. The zero-order valence-corrected chi connectivity index (χ0v) is 14.3. The third-order valence-electron chi connectivity index (χ3n) is 4.63. The number of nitrogens with zero attached hydrogens (tertiary/aromatic N) is 2. The lowest BCUT2D eigenvalue weighted by molar-refractivity contribution is -0.139. The molecule has 0 amide bonds. The lowest BCUT2D eigenvalue weighted by Gasteiger charge is -2.36.